The summed E-state index contributed by atoms with van der Waals surface area (Å²) in [5.74, 6) is -0.649. The van der Waals surface area contributed by atoms with Crippen LogP contribution in [0.4, 0.5) is 15.8 Å². The summed E-state index contributed by atoms with van der Waals surface area (Å²) < 4.78 is 18.0. The van der Waals surface area contributed by atoms with Gasteiger partial charge in [-0.3, -0.25) is 14.9 Å². The standard InChI is InChI=1S/C17H12FN3O4/c1-10-2-7-13(21(23)24)8-14(10)19-17(22)15-9-16(25-20-15)11-3-5-12(18)6-4-11/h2-9H,1H3,(H,19,22). The molecule has 7 nitrogen and oxygen atoms in total. The van der Waals surface area contributed by atoms with E-state index in [1.54, 1.807) is 13.0 Å². The normalized spacial score (nSPS) is 10.5. The summed E-state index contributed by atoms with van der Waals surface area (Å²) in [4.78, 5) is 22.6. The Kier molecular flexibility index (Phi) is 4.25. The molecule has 0 saturated carbocycles. The Morgan fingerprint density at radius 1 is 1.20 bits per heavy atom. The van der Waals surface area contributed by atoms with Gasteiger partial charge >= 0.3 is 0 Å². The van der Waals surface area contributed by atoms with Crippen LogP contribution in [0.5, 0.6) is 0 Å². The van der Waals surface area contributed by atoms with Crippen molar-refractivity contribution in [3.8, 4) is 11.3 Å². The molecule has 1 heterocycles. The number of halogens is 1. The first kappa shape index (κ1) is 16.3. The molecule has 3 aromatic rings. The summed E-state index contributed by atoms with van der Waals surface area (Å²) in [7, 11) is 0. The van der Waals surface area contributed by atoms with Gasteiger partial charge in [0.25, 0.3) is 11.6 Å². The Hall–Kier alpha value is -3.55. The smallest absolute Gasteiger partial charge is 0.277 e. The summed E-state index contributed by atoms with van der Waals surface area (Å²) in [6.45, 7) is 1.71. The first-order valence-electron chi connectivity index (χ1n) is 7.23. The quantitative estimate of drug-likeness (QED) is 0.572. The number of rotatable bonds is 4. The molecule has 1 N–H and O–H groups in total. The van der Waals surface area contributed by atoms with Crippen LogP contribution < -0.4 is 5.32 Å². The van der Waals surface area contributed by atoms with E-state index >= 15 is 0 Å². The number of hydrogen-bond acceptors (Lipinski definition) is 5. The number of nitrogens with one attached hydrogen (secondary N) is 1. The number of amides is 1. The number of aryl methyl sites for hydroxylation is 1. The molecule has 0 radical (unpaired) electrons. The van der Waals surface area contributed by atoms with Gasteiger partial charge in [-0.25, -0.2) is 4.39 Å². The molecule has 25 heavy (non-hydrogen) atoms. The van der Waals surface area contributed by atoms with E-state index in [0.717, 1.165) is 0 Å². The highest BCUT2D eigenvalue weighted by Gasteiger charge is 2.16. The van der Waals surface area contributed by atoms with Gasteiger partial charge in [0.1, 0.15) is 5.82 Å². The Labute approximate surface area is 141 Å². The van der Waals surface area contributed by atoms with Crippen molar-refractivity contribution in [2.75, 3.05) is 5.32 Å². The average Bonchev–Trinajstić information content (AvgIpc) is 3.07. The van der Waals surface area contributed by atoms with Gasteiger partial charge in [-0.2, -0.15) is 0 Å². The fraction of sp³-hybridized carbons (Fsp3) is 0.0588. The van der Waals surface area contributed by atoms with Gasteiger partial charge in [-0.1, -0.05) is 11.2 Å². The van der Waals surface area contributed by atoms with Gasteiger partial charge < -0.3 is 9.84 Å². The largest absolute Gasteiger partial charge is 0.355 e. The minimum Gasteiger partial charge on any atom is -0.355 e. The summed E-state index contributed by atoms with van der Waals surface area (Å²) in [6, 6.07) is 11.1. The van der Waals surface area contributed by atoms with Crippen molar-refractivity contribution in [1.29, 1.82) is 0 Å². The summed E-state index contributed by atoms with van der Waals surface area (Å²) in [5.41, 5.74) is 1.42. The number of nitro benzene ring substituents is 1. The lowest BCUT2D eigenvalue weighted by Gasteiger charge is -2.06. The zero-order chi connectivity index (χ0) is 18.0. The van der Waals surface area contributed by atoms with E-state index in [1.165, 1.54) is 42.5 Å². The predicted octanol–water partition coefficient (Wildman–Crippen LogP) is 3.95. The maximum atomic E-state index is 12.9. The zero-order valence-electron chi connectivity index (χ0n) is 13.0. The van der Waals surface area contributed by atoms with Crippen LogP contribution in [0.25, 0.3) is 11.3 Å². The molecule has 8 heteroatoms. The molecule has 0 aliphatic carbocycles. The highest BCUT2D eigenvalue weighted by atomic mass is 19.1. The van der Waals surface area contributed by atoms with E-state index in [0.29, 0.717) is 22.6 Å². The van der Waals surface area contributed by atoms with E-state index < -0.39 is 10.8 Å². The van der Waals surface area contributed by atoms with Crippen molar-refractivity contribution in [1.82, 2.24) is 5.16 Å². The van der Waals surface area contributed by atoms with Gasteiger partial charge in [0.15, 0.2) is 11.5 Å². The lowest BCUT2D eigenvalue weighted by molar-refractivity contribution is -0.384. The second-order valence-electron chi connectivity index (χ2n) is 5.29. The second kappa shape index (κ2) is 6.52. The van der Waals surface area contributed by atoms with Crippen LogP contribution in [0.2, 0.25) is 0 Å². The van der Waals surface area contributed by atoms with Crippen LogP contribution in [0.15, 0.2) is 53.1 Å². The Morgan fingerprint density at radius 3 is 2.60 bits per heavy atom. The highest BCUT2D eigenvalue weighted by molar-refractivity contribution is 6.03. The van der Waals surface area contributed by atoms with Gasteiger partial charge in [-0.15, -0.1) is 0 Å². The molecule has 0 bridgehead atoms. The first-order valence-corrected chi connectivity index (χ1v) is 7.23. The molecule has 1 aromatic heterocycles. The summed E-state index contributed by atoms with van der Waals surface area (Å²) in [6.07, 6.45) is 0. The third-order valence-electron chi connectivity index (χ3n) is 3.55. The number of aromatic nitrogens is 1. The van der Waals surface area contributed by atoms with Gasteiger partial charge in [0, 0.05) is 23.8 Å². The van der Waals surface area contributed by atoms with E-state index in [9.17, 15) is 19.3 Å². The van der Waals surface area contributed by atoms with Crippen LogP contribution in [0.1, 0.15) is 16.1 Å². The SMILES string of the molecule is Cc1ccc([N+](=O)[O-])cc1NC(=O)c1cc(-c2ccc(F)cc2)on1. The molecule has 0 unspecified atom stereocenters. The zero-order valence-corrected chi connectivity index (χ0v) is 13.0. The van der Waals surface area contributed by atoms with Crippen LogP contribution in [-0.4, -0.2) is 16.0 Å². The van der Waals surface area contributed by atoms with E-state index in [2.05, 4.69) is 10.5 Å². The maximum Gasteiger partial charge on any atom is 0.277 e. The Bertz CT molecular complexity index is 951. The van der Waals surface area contributed by atoms with Crippen LogP contribution in [0, 0.1) is 22.9 Å². The molecule has 1 amide bonds. The number of carbonyl (C=O) groups is 1. The molecule has 0 aliphatic heterocycles. The van der Waals surface area contributed by atoms with E-state index in [4.69, 9.17) is 4.52 Å². The van der Waals surface area contributed by atoms with Crippen molar-refractivity contribution in [3.05, 3.63) is 75.7 Å². The summed E-state index contributed by atoms with van der Waals surface area (Å²) >= 11 is 0. The molecule has 2 aromatic carbocycles. The van der Waals surface area contributed by atoms with Gasteiger partial charge in [0.05, 0.1) is 10.6 Å². The average molecular weight is 341 g/mol. The lowest BCUT2D eigenvalue weighted by Crippen LogP contribution is -2.13. The number of nitrogens with zero attached hydrogens (tertiary/aromatic N) is 2. The molecule has 126 valence electrons. The second-order valence-corrected chi connectivity index (χ2v) is 5.29. The molecule has 0 aliphatic rings. The third kappa shape index (κ3) is 3.52. The van der Waals surface area contributed by atoms with Crippen molar-refractivity contribution >= 4 is 17.3 Å². The van der Waals surface area contributed by atoms with Gasteiger partial charge in [-0.05, 0) is 36.8 Å². The van der Waals surface area contributed by atoms with E-state index in [1.807, 2.05) is 0 Å². The molecule has 0 spiro atoms. The molecular formula is C17H12FN3O4. The molecule has 0 atom stereocenters. The predicted molar refractivity (Wildman–Crippen MR) is 87.7 cm³/mol. The Balaban J connectivity index is 1.82. The minimum atomic E-state index is -0.569. The van der Waals surface area contributed by atoms with Gasteiger partial charge in [0.2, 0.25) is 0 Å². The molecule has 3 rings (SSSR count). The topological polar surface area (TPSA) is 98.3 Å². The number of non-ortho nitro benzene ring substituents is 1. The van der Waals surface area contributed by atoms with Crippen molar-refractivity contribution in [2.45, 2.75) is 6.92 Å². The van der Waals surface area contributed by atoms with Crippen molar-refractivity contribution < 1.29 is 18.6 Å². The number of anilines is 1. The number of hydrogen-bond donors (Lipinski definition) is 1. The highest BCUT2D eigenvalue weighted by Crippen LogP contribution is 2.24. The number of carbonyl (C=O) groups excluding carboxylic acids is 1. The summed E-state index contributed by atoms with van der Waals surface area (Å²) in [5, 5.41) is 17.1. The molecule has 0 saturated heterocycles. The number of nitro groups is 1. The first-order chi connectivity index (χ1) is 11.9. The monoisotopic (exact) mass is 341 g/mol. The molecular weight excluding hydrogens is 329 g/mol. The fourth-order valence-electron chi connectivity index (χ4n) is 2.18. The number of benzene rings is 2. The Morgan fingerprint density at radius 2 is 1.92 bits per heavy atom. The van der Waals surface area contributed by atoms with Crippen LogP contribution >= 0.6 is 0 Å². The van der Waals surface area contributed by atoms with Crippen molar-refractivity contribution in [3.63, 3.8) is 0 Å². The van der Waals surface area contributed by atoms with E-state index in [-0.39, 0.29) is 17.2 Å². The van der Waals surface area contributed by atoms with Crippen LogP contribution in [0.3, 0.4) is 0 Å². The van der Waals surface area contributed by atoms with Crippen LogP contribution in [-0.2, 0) is 0 Å². The maximum absolute atomic E-state index is 12.9. The van der Waals surface area contributed by atoms with Crippen molar-refractivity contribution in [2.24, 2.45) is 0 Å². The molecule has 0 fully saturated rings. The lowest BCUT2D eigenvalue weighted by atomic mass is 10.1. The third-order valence-corrected chi connectivity index (χ3v) is 3.55. The minimum absolute atomic E-state index is 0.00484. The fourth-order valence-corrected chi connectivity index (χ4v) is 2.18.